The van der Waals surface area contributed by atoms with Crippen LogP contribution in [0.4, 0.5) is 5.69 Å². The molecule has 0 bridgehead atoms. The highest BCUT2D eigenvalue weighted by atomic mass is 16.5. The van der Waals surface area contributed by atoms with Crippen LogP contribution in [0, 0.1) is 6.92 Å². The number of anilines is 1. The minimum absolute atomic E-state index is 0.224. The van der Waals surface area contributed by atoms with E-state index in [1.54, 1.807) is 38.8 Å². The van der Waals surface area contributed by atoms with Gasteiger partial charge in [-0.15, -0.1) is 0 Å². The Kier molecular flexibility index (Phi) is 5.14. The number of amides is 1. The highest BCUT2D eigenvalue weighted by Crippen LogP contribution is 2.23. The summed E-state index contributed by atoms with van der Waals surface area (Å²) in [4.78, 5) is 15.9. The van der Waals surface area contributed by atoms with Gasteiger partial charge in [0, 0.05) is 18.3 Å². The maximum Gasteiger partial charge on any atom is 0.248 e. The smallest absolute Gasteiger partial charge is 0.248 e. The second kappa shape index (κ2) is 7.26. The molecule has 1 aromatic carbocycles. The zero-order valence-electron chi connectivity index (χ0n) is 12.8. The van der Waals surface area contributed by atoms with Gasteiger partial charge in [-0.25, -0.2) is 0 Å². The Morgan fingerprint density at radius 2 is 1.86 bits per heavy atom. The van der Waals surface area contributed by atoms with Gasteiger partial charge in [0.15, 0.2) is 0 Å². The number of pyridine rings is 1. The number of nitrogens with zero attached hydrogens (tertiary/aromatic N) is 1. The molecule has 5 nitrogen and oxygen atoms in total. The molecule has 0 aliphatic heterocycles. The van der Waals surface area contributed by atoms with Crippen molar-refractivity contribution in [1.82, 2.24) is 4.98 Å². The molecule has 0 unspecified atom stereocenters. The fourth-order valence-electron chi connectivity index (χ4n) is 1.87. The summed E-state index contributed by atoms with van der Waals surface area (Å²) in [7, 11) is 3.17. The number of hydrogen-bond acceptors (Lipinski definition) is 4. The van der Waals surface area contributed by atoms with E-state index in [-0.39, 0.29) is 5.91 Å². The van der Waals surface area contributed by atoms with E-state index in [4.69, 9.17) is 9.47 Å². The molecule has 2 aromatic rings. The monoisotopic (exact) mass is 298 g/mol. The van der Waals surface area contributed by atoms with Gasteiger partial charge in [0.05, 0.1) is 26.1 Å². The number of carbonyl (C=O) groups excluding carboxylic acids is 1. The Labute approximate surface area is 129 Å². The maximum atomic E-state index is 12.0. The molecule has 0 saturated carbocycles. The molecule has 5 heteroatoms. The summed E-state index contributed by atoms with van der Waals surface area (Å²) in [6.07, 6.45) is 6.46. The first-order chi connectivity index (χ1) is 10.6. The van der Waals surface area contributed by atoms with E-state index in [0.717, 1.165) is 11.1 Å². The van der Waals surface area contributed by atoms with Crippen LogP contribution < -0.4 is 14.8 Å². The first-order valence-electron chi connectivity index (χ1n) is 6.75. The Morgan fingerprint density at radius 3 is 2.45 bits per heavy atom. The first-order valence-corrected chi connectivity index (χ1v) is 6.75. The number of hydrogen-bond donors (Lipinski definition) is 1. The number of carbonyl (C=O) groups is 1. The standard InChI is InChI=1S/C17H18N2O3/c1-12-6-7-18-11-16(12)19-17(20)5-4-13-8-14(21-2)10-15(9-13)22-3/h4-11H,1-3H3,(H,19,20)/b5-4+. The van der Waals surface area contributed by atoms with Crippen LogP contribution in [0.1, 0.15) is 11.1 Å². The van der Waals surface area contributed by atoms with Crippen molar-refractivity contribution in [2.24, 2.45) is 0 Å². The lowest BCUT2D eigenvalue weighted by Gasteiger charge is -2.06. The third-order valence-corrected chi connectivity index (χ3v) is 3.10. The van der Waals surface area contributed by atoms with Crippen LogP contribution in [0.25, 0.3) is 6.08 Å². The van der Waals surface area contributed by atoms with Gasteiger partial charge in [0.25, 0.3) is 0 Å². The van der Waals surface area contributed by atoms with Crippen LogP contribution in [-0.4, -0.2) is 25.1 Å². The van der Waals surface area contributed by atoms with Crippen molar-refractivity contribution < 1.29 is 14.3 Å². The summed E-state index contributed by atoms with van der Waals surface area (Å²) in [6.45, 7) is 1.91. The van der Waals surface area contributed by atoms with E-state index >= 15 is 0 Å². The van der Waals surface area contributed by atoms with E-state index < -0.39 is 0 Å². The van der Waals surface area contributed by atoms with Gasteiger partial charge in [-0.1, -0.05) is 0 Å². The molecule has 0 aliphatic rings. The van der Waals surface area contributed by atoms with E-state index in [9.17, 15) is 4.79 Å². The topological polar surface area (TPSA) is 60.5 Å². The molecule has 0 aliphatic carbocycles. The summed E-state index contributed by atoms with van der Waals surface area (Å²) in [5.41, 5.74) is 2.47. The lowest BCUT2D eigenvalue weighted by molar-refractivity contribution is -0.111. The second-order valence-corrected chi connectivity index (χ2v) is 4.66. The minimum atomic E-state index is -0.224. The summed E-state index contributed by atoms with van der Waals surface area (Å²) in [6, 6.07) is 7.26. The fourth-order valence-corrected chi connectivity index (χ4v) is 1.87. The quantitative estimate of drug-likeness (QED) is 0.862. The summed E-state index contributed by atoms with van der Waals surface area (Å²) < 4.78 is 10.4. The third kappa shape index (κ3) is 4.09. The lowest BCUT2D eigenvalue weighted by Crippen LogP contribution is -2.09. The van der Waals surface area contributed by atoms with Crippen LogP contribution in [-0.2, 0) is 4.79 Å². The number of rotatable bonds is 5. The van der Waals surface area contributed by atoms with Crippen molar-refractivity contribution >= 4 is 17.7 Å². The van der Waals surface area contributed by atoms with Crippen molar-refractivity contribution in [2.45, 2.75) is 6.92 Å². The predicted molar refractivity (Wildman–Crippen MR) is 86.2 cm³/mol. The molecule has 1 N–H and O–H groups in total. The number of benzene rings is 1. The molecule has 2 rings (SSSR count). The van der Waals surface area contributed by atoms with Crippen LogP contribution in [0.2, 0.25) is 0 Å². The van der Waals surface area contributed by atoms with E-state index in [1.807, 2.05) is 25.1 Å². The number of aryl methyl sites for hydroxylation is 1. The molecule has 0 saturated heterocycles. The molecule has 22 heavy (non-hydrogen) atoms. The van der Waals surface area contributed by atoms with Crippen LogP contribution in [0.15, 0.2) is 42.7 Å². The number of nitrogens with one attached hydrogen (secondary N) is 1. The Morgan fingerprint density at radius 1 is 1.18 bits per heavy atom. The molecular weight excluding hydrogens is 280 g/mol. The highest BCUT2D eigenvalue weighted by Gasteiger charge is 2.03. The van der Waals surface area contributed by atoms with Crippen molar-refractivity contribution in [3.05, 3.63) is 53.9 Å². The lowest BCUT2D eigenvalue weighted by atomic mass is 10.2. The van der Waals surface area contributed by atoms with E-state index in [2.05, 4.69) is 10.3 Å². The van der Waals surface area contributed by atoms with Crippen molar-refractivity contribution in [1.29, 1.82) is 0 Å². The zero-order chi connectivity index (χ0) is 15.9. The Balaban J connectivity index is 2.11. The highest BCUT2D eigenvalue weighted by molar-refractivity contribution is 6.02. The Bertz CT molecular complexity index is 674. The van der Waals surface area contributed by atoms with E-state index in [0.29, 0.717) is 17.2 Å². The van der Waals surface area contributed by atoms with E-state index in [1.165, 1.54) is 6.08 Å². The Hall–Kier alpha value is -2.82. The molecule has 1 heterocycles. The van der Waals surface area contributed by atoms with Gasteiger partial charge >= 0.3 is 0 Å². The van der Waals surface area contributed by atoms with Gasteiger partial charge < -0.3 is 14.8 Å². The SMILES string of the molecule is COc1cc(/C=C/C(=O)Nc2cnccc2C)cc(OC)c1. The minimum Gasteiger partial charge on any atom is -0.497 e. The van der Waals surface area contributed by atoms with Crippen molar-refractivity contribution in [3.8, 4) is 11.5 Å². The molecule has 1 aromatic heterocycles. The van der Waals surface area contributed by atoms with Gasteiger partial charge in [0.1, 0.15) is 11.5 Å². The first kappa shape index (κ1) is 15.6. The average Bonchev–Trinajstić information content (AvgIpc) is 2.54. The molecule has 0 radical (unpaired) electrons. The summed E-state index contributed by atoms with van der Waals surface area (Å²) >= 11 is 0. The fraction of sp³-hybridized carbons (Fsp3) is 0.176. The van der Waals surface area contributed by atoms with Gasteiger partial charge in [-0.3, -0.25) is 9.78 Å². The zero-order valence-corrected chi connectivity index (χ0v) is 12.8. The molecule has 0 fully saturated rings. The van der Waals surface area contributed by atoms with Crippen molar-refractivity contribution in [2.75, 3.05) is 19.5 Å². The predicted octanol–water partition coefficient (Wildman–Crippen LogP) is 3.06. The summed E-state index contributed by atoms with van der Waals surface area (Å²) in [5, 5.41) is 2.79. The third-order valence-electron chi connectivity index (χ3n) is 3.10. The summed E-state index contributed by atoms with van der Waals surface area (Å²) in [5.74, 6) is 1.11. The molecule has 0 atom stereocenters. The molecule has 0 spiro atoms. The molecule has 114 valence electrons. The van der Waals surface area contributed by atoms with Crippen LogP contribution >= 0.6 is 0 Å². The molecular formula is C17H18N2O3. The van der Waals surface area contributed by atoms with Gasteiger partial charge in [0.2, 0.25) is 5.91 Å². The van der Waals surface area contributed by atoms with Crippen LogP contribution in [0.3, 0.4) is 0 Å². The number of aromatic nitrogens is 1. The number of ether oxygens (including phenoxy) is 2. The second-order valence-electron chi connectivity index (χ2n) is 4.66. The van der Waals surface area contributed by atoms with Crippen molar-refractivity contribution in [3.63, 3.8) is 0 Å². The largest absolute Gasteiger partial charge is 0.497 e. The van der Waals surface area contributed by atoms with Gasteiger partial charge in [-0.2, -0.15) is 0 Å². The number of methoxy groups -OCH3 is 2. The molecule has 1 amide bonds. The average molecular weight is 298 g/mol. The van der Waals surface area contributed by atoms with Crippen LogP contribution in [0.5, 0.6) is 11.5 Å². The normalized spacial score (nSPS) is 10.5. The van der Waals surface area contributed by atoms with Gasteiger partial charge in [-0.05, 0) is 42.3 Å². The maximum absolute atomic E-state index is 12.0.